The van der Waals surface area contributed by atoms with Crippen molar-refractivity contribution in [2.75, 3.05) is 5.73 Å². The van der Waals surface area contributed by atoms with Gasteiger partial charge in [0.05, 0.1) is 0 Å². The Morgan fingerprint density at radius 1 is 0.905 bits per heavy atom. The van der Waals surface area contributed by atoms with Crippen molar-refractivity contribution in [3.05, 3.63) is 29.8 Å². The lowest BCUT2D eigenvalue weighted by Crippen LogP contribution is -2.61. The van der Waals surface area contributed by atoms with E-state index in [0.29, 0.717) is 12.1 Å². The van der Waals surface area contributed by atoms with Gasteiger partial charge in [-0.15, -0.1) is 0 Å². The Labute approximate surface area is 116 Å². The van der Waals surface area contributed by atoms with E-state index < -0.39 is 35.4 Å². The molecule has 0 aromatic heterocycles. The average molecular weight is 317 g/mol. The van der Waals surface area contributed by atoms with Crippen LogP contribution in [0.5, 0.6) is 0 Å². The molecule has 21 heavy (non-hydrogen) atoms. The number of alkyl halides is 7. The summed E-state index contributed by atoms with van der Waals surface area (Å²) in [5.41, 5.74) is -5.04. The third-order valence-corrected chi connectivity index (χ3v) is 3.45. The molecule has 1 aromatic carbocycles. The number of anilines is 1. The molecule has 0 amide bonds. The summed E-state index contributed by atoms with van der Waals surface area (Å²) in [6.07, 6.45) is -6.99. The summed E-state index contributed by atoms with van der Waals surface area (Å²) in [4.78, 5) is 0. The molecule has 8 heteroatoms. The van der Waals surface area contributed by atoms with E-state index in [9.17, 15) is 30.7 Å². The lowest BCUT2D eigenvalue weighted by Gasteiger charge is -2.41. The van der Waals surface area contributed by atoms with E-state index in [1.165, 1.54) is 0 Å². The number of halogens is 7. The van der Waals surface area contributed by atoms with E-state index in [1.807, 2.05) is 0 Å². The molecule has 120 valence electrons. The Balaban J connectivity index is 3.60. The number of benzene rings is 1. The molecule has 2 N–H and O–H groups in total. The van der Waals surface area contributed by atoms with Crippen molar-refractivity contribution in [1.82, 2.24) is 0 Å². The summed E-state index contributed by atoms with van der Waals surface area (Å²) in [6.45, 7) is 1.15. The molecule has 1 rings (SSSR count). The number of nitrogens with two attached hydrogens (primary N) is 1. The fourth-order valence-corrected chi connectivity index (χ4v) is 1.82. The first kappa shape index (κ1) is 17.6. The Morgan fingerprint density at radius 3 is 1.67 bits per heavy atom. The van der Waals surface area contributed by atoms with Crippen LogP contribution in [0.4, 0.5) is 36.4 Å². The molecular formula is C13H14F7N. The second-order valence-electron chi connectivity index (χ2n) is 4.90. The van der Waals surface area contributed by atoms with Gasteiger partial charge < -0.3 is 5.73 Å². The fraction of sp³-hybridized carbons (Fsp3) is 0.538. The molecule has 0 aliphatic carbocycles. The van der Waals surface area contributed by atoms with E-state index in [0.717, 1.165) is 19.1 Å². The molecule has 2 atom stereocenters. The Bertz CT molecular complexity index is 492. The van der Waals surface area contributed by atoms with Crippen LogP contribution >= 0.6 is 0 Å². The lowest BCUT2D eigenvalue weighted by atomic mass is 9.79. The zero-order valence-corrected chi connectivity index (χ0v) is 11.2. The molecule has 0 saturated carbocycles. The molecule has 0 radical (unpaired) electrons. The molecular weight excluding hydrogens is 303 g/mol. The van der Waals surface area contributed by atoms with Crippen molar-refractivity contribution in [2.45, 2.75) is 43.7 Å². The second kappa shape index (κ2) is 5.06. The minimum Gasteiger partial charge on any atom is -0.399 e. The smallest absolute Gasteiger partial charge is 0.399 e. The predicted molar refractivity (Wildman–Crippen MR) is 64.4 cm³/mol. The van der Waals surface area contributed by atoms with E-state index in [4.69, 9.17) is 5.73 Å². The van der Waals surface area contributed by atoms with E-state index >= 15 is 0 Å². The largest absolute Gasteiger partial charge is 0.432 e. The quantitative estimate of drug-likeness (QED) is 0.628. The van der Waals surface area contributed by atoms with Crippen LogP contribution in [0.25, 0.3) is 0 Å². The third kappa shape index (κ3) is 2.55. The summed E-state index contributed by atoms with van der Waals surface area (Å²) in [5, 5.41) is 0. The Kier molecular flexibility index (Phi) is 4.24. The number of hydrogen-bond donors (Lipinski definition) is 1. The number of hydrogen-bond acceptors (Lipinski definition) is 1. The molecule has 0 aliphatic rings. The van der Waals surface area contributed by atoms with E-state index in [1.54, 1.807) is 0 Å². The first-order valence-corrected chi connectivity index (χ1v) is 5.99. The Hall–Kier alpha value is -1.47. The normalized spacial score (nSPS) is 18.9. The van der Waals surface area contributed by atoms with Crippen molar-refractivity contribution in [3.63, 3.8) is 0 Å². The summed E-state index contributed by atoms with van der Waals surface area (Å²) in [6, 6.07) is 2.63. The summed E-state index contributed by atoms with van der Waals surface area (Å²) >= 11 is 0. The number of rotatable bonds is 4. The summed E-state index contributed by atoms with van der Waals surface area (Å²) in [5.74, 6) is -5.32. The Morgan fingerprint density at radius 2 is 1.33 bits per heavy atom. The zero-order chi connectivity index (χ0) is 16.7. The molecule has 0 saturated heterocycles. The van der Waals surface area contributed by atoms with Crippen molar-refractivity contribution in [2.24, 2.45) is 0 Å². The van der Waals surface area contributed by atoms with Gasteiger partial charge in [0.15, 0.2) is 5.67 Å². The van der Waals surface area contributed by atoms with Crippen LogP contribution in [0.2, 0.25) is 0 Å². The average Bonchev–Trinajstić information content (AvgIpc) is 2.36. The molecule has 1 aromatic rings. The van der Waals surface area contributed by atoms with Gasteiger partial charge in [-0.25, -0.2) is 8.78 Å². The summed E-state index contributed by atoms with van der Waals surface area (Å²) < 4.78 is 95.4. The van der Waals surface area contributed by atoms with Gasteiger partial charge in [0, 0.05) is 11.3 Å². The van der Waals surface area contributed by atoms with Gasteiger partial charge in [-0.2, -0.15) is 22.0 Å². The van der Waals surface area contributed by atoms with E-state index in [2.05, 4.69) is 0 Å². The van der Waals surface area contributed by atoms with Gasteiger partial charge in [-0.3, -0.25) is 0 Å². The molecule has 2 unspecified atom stereocenters. The maximum absolute atomic E-state index is 14.5. The zero-order valence-electron chi connectivity index (χ0n) is 11.2. The highest BCUT2D eigenvalue weighted by molar-refractivity contribution is 5.42. The van der Waals surface area contributed by atoms with Crippen LogP contribution in [-0.2, 0) is 5.67 Å². The SMILES string of the molecule is CCC(C)(F)C(F)(F)C(F)(c1ccc(N)cc1)C(F)(F)F. The second-order valence-corrected chi connectivity index (χ2v) is 4.90. The van der Waals surface area contributed by atoms with Crippen molar-refractivity contribution in [3.8, 4) is 0 Å². The van der Waals surface area contributed by atoms with Gasteiger partial charge in [0.25, 0.3) is 5.67 Å². The van der Waals surface area contributed by atoms with Crippen molar-refractivity contribution >= 4 is 5.69 Å². The lowest BCUT2D eigenvalue weighted by molar-refractivity contribution is -0.337. The molecule has 0 bridgehead atoms. The standard InChI is InChI=1S/C13H14F7N/c1-3-10(2,14)12(16,17)11(15,13(18,19)20)8-4-6-9(21)7-5-8/h4-7H,3,21H2,1-2H3. The van der Waals surface area contributed by atoms with Gasteiger partial charge in [-0.1, -0.05) is 19.1 Å². The van der Waals surface area contributed by atoms with Crippen LogP contribution in [0.3, 0.4) is 0 Å². The predicted octanol–water partition coefficient (Wildman–Crippen LogP) is 4.77. The molecule has 0 fully saturated rings. The number of nitrogen functional groups attached to an aromatic ring is 1. The van der Waals surface area contributed by atoms with Crippen LogP contribution in [0.1, 0.15) is 25.8 Å². The first-order valence-electron chi connectivity index (χ1n) is 5.99. The van der Waals surface area contributed by atoms with Crippen LogP contribution < -0.4 is 5.73 Å². The van der Waals surface area contributed by atoms with Crippen LogP contribution in [0, 0.1) is 0 Å². The monoisotopic (exact) mass is 317 g/mol. The van der Waals surface area contributed by atoms with Gasteiger partial charge in [0.2, 0.25) is 0 Å². The van der Waals surface area contributed by atoms with Crippen molar-refractivity contribution < 1.29 is 30.7 Å². The van der Waals surface area contributed by atoms with Crippen molar-refractivity contribution in [1.29, 1.82) is 0 Å². The molecule has 1 nitrogen and oxygen atoms in total. The highest BCUT2D eigenvalue weighted by Gasteiger charge is 2.77. The molecule has 0 aliphatic heterocycles. The van der Waals surface area contributed by atoms with Crippen LogP contribution in [-0.4, -0.2) is 17.8 Å². The first-order chi connectivity index (χ1) is 9.31. The third-order valence-electron chi connectivity index (χ3n) is 3.45. The van der Waals surface area contributed by atoms with Gasteiger partial charge >= 0.3 is 12.1 Å². The van der Waals surface area contributed by atoms with E-state index in [-0.39, 0.29) is 12.6 Å². The summed E-state index contributed by atoms with van der Waals surface area (Å²) in [7, 11) is 0. The molecule has 0 spiro atoms. The highest BCUT2D eigenvalue weighted by atomic mass is 19.4. The molecule has 0 heterocycles. The van der Waals surface area contributed by atoms with Gasteiger partial charge in [0.1, 0.15) is 0 Å². The van der Waals surface area contributed by atoms with Crippen LogP contribution in [0.15, 0.2) is 24.3 Å². The maximum atomic E-state index is 14.5. The maximum Gasteiger partial charge on any atom is 0.432 e. The highest BCUT2D eigenvalue weighted by Crippen LogP contribution is 2.57. The fourth-order valence-electron chi connectivity index (χ4n) is 1.82. The minimum atomic E-state index is -6.00. The van der Waals surface area contributed by atoms with Gasteiger partial charge in [-0.05, 0) is 25.5 Å². The minimum absolute atomic E-state index is 0.0370. The topological polar surface area (TPSA) is 26.0 Å².